The van der Waals surface area contributed by atoms with Gasteiger partial charge >= 0.3 is 0 Å². The number of para-hydroxylation sites is 1. The second kappa shape index (κ2) is 7.44. The summed E-state index contributed by atoms with van der Waals surface area (Å²) in [4.78, 5) is 33.0. The van der Waals surface area contributed by atoms with Gasteiger partial charge in [0.25, 0.3) is 0 Å². The first kappa shape index (κ1) is 17.6. The van der Waals surface area contributed by atoms with Crippen molar-refractivity contribution in [1.29, 1.82) is 0 Å². The smallest absolute Gasteiger partial charge is 0.228 e. The Morgan fingerprint density at radius 1 is 1.22 bits per heavy atom. The maximum absolute atomic E-state index is 14.1. The lowest BCUT2D eigenvalue weighted by molar-refractivity contribution is -0.139. The number of rotatable bonds is 3. The Morgan fingerprint density at radius 2 is 2.07 bits per heavy atom. The molecule has 27 heavy (non-hydrogen) atoms. The van der Waals surface area contributed by atoms with Crippen LogP contribution in [0.15, 0.2) is 48.8 Å². The van der Waals surface area contributed by atoms with Crippen molar-refractivity contribution in [3.63, 3.8) is 0 Å². The van der Waals surface area contributed by atoms with Crippen molar-refractivity contribution in [2.24, 2.45) is 5.92 Å². The average Bonchev–Trinajstić information content (AvgIpc) is 3.10. The molecule has 140 valence electrons. The van der Waals surface area contributed by atoms with Gasteiger partial charge in [-0.2, -0.15) is 0 Å². The van der Waals surface area contributed by atoms with Crippen LogP contribution in [0.3, 0.4) is 0 Å². The Kier molecular flexibility index (Phi) is 4.85. The molecule has 0 bridgehead atoms. The molecule has 1 N–H and O–H groups in total. The molecule has 0 saturated carbocycles. The van der Waals surface area contributed by atoms with E-state index >= 15 is 0 Å². The SMILES string of the molecule is O=C1CC(C(=O)N2CCNCC2c2cccnc2)CN1c1ccccc1F. The van der Waals surface area contributed by atoms with Gasteiger partial charge in [0.15, 0.2) is 0 Å². The third-order valence-electron chi connectivity index (χ3n) is 5.21. The van der Waals surface area contributed by atoms with Crippen LogP contribution in [0, 0.1) is 11.7 Å². The number of hydrogen-bond acceptors (Lipinski definition) is 4. The highest BCUT2D eigenvalue weighted by Gasteiger charge is 2.40. The molecule has 4 rings (SSSR count). The number of halogens is 1. The quantitative estimate of drug-likeness (QED) is 0.896. The Balaban J connectivity index is 1.54. The molecule has 2 saturated heterocycles. The zero-order valence-corrected chi connectivity index (χ0v) is 14.8. The molecule has 0 spiro atoms. The predicted molar refractivity (Wildman–Crippen MR) is 98.4 cm³/mol. The number of nitrogens with zero attached hydrogens (tertiary/aromatic N) is 3. The van der Waals surface area contributed by atoms with Gasteiger partial charge in [0.05, 0.1) is 17.6 Å². The van der Waals surface area contributed by atoms with Crippen molar-refractivity contribution in [2.75, 3.05) is 31.1 Å². The van der Waals surface area contributed by atoms with Crippen LogP contribution in [-0.4, -0.2) is 47.9 Å². The van der Waals surface area contributed by atoms with E-state index in [2.05, 4.69) is 10.3 Å². The van der Waals surface area contributed by atoms with Crippen LogP contribution in [0.1, 0.15) is 18.0 Å². The van der Waals surface area contributed by atoms with Crippen LogP contribution in [0.5, 0.6) is 0 Å². The minimum Gasteiger partial charge on any atom is -0.333 e. The zero-order valence-electron chi connectivity index (χ0n) is 14.8. The Labute approximate surface area is 157 Å². The third kappa shape index (κ3) is 3.42. The number of aromatic nitrogens is 1. The number of amides is 2. The van der Waals surface area contributed by atoms with Crippen molar-refractivity contribution < 1.29 is 14.0 Å². The van der Waals surface area contributed by atoms with Crippen molar-refractivity contribution in [3.05, 3.63) is 60.2 Å². The zero-order chi connectivity index (χ0) is 18.8. The highest BCUT2D eigenvalue weighted by Crippen LogP contribution is 2.31. The summed E-state index contributed by atoms with van der Waals surface area (Å²) in [5, 5.41) is 3.31. The Morgan fingerprint density at radius 3 is 2.85 bits per heavy atom. The highest BCUT2D eigenvalue weighted by atomic mass is 19.1. The molecule has 2 unspecified atom stereocenters. The average molecular weight is 368 g/mol. The van der Waals surface area contributed by atoms with Crippen molar-refractivity contribution in [2.45, 2.75) is 12.5 Å². The summed E-state index contributed by atoms with van der Waals surface area (Å²) in [6, 6.07) is 9.87. The Hall–Kier alpha value is -2.80. The van der Waals surface area contributed by atoms with E-state index in [9.17, 15) is 14.0 Å². The van der Waals surface area contributed by atoms with Gasteiger partial charge in [-0.25, -0.2) is 4.39 Å². The fraction of sp³-hybridized carbons (Fsp3) is 0.350. The maximum Gasteiger partial charge on any atom is 0.228 e. The summed E-state index contributed by atoms with van der Waals surface area (Å²) in [6.45, 7) is 2.14. The second-order valence-corrected chi connectivity index (χ2v) is 6.89. The first-order valence-corrected chi connectivity index (χ1v) is 9.11. The lowest BCUT2D eigenvalue weighted by Crippen LogP contribution is -2.50. The van der Waals surface area contributed by atoms with Crippen LogP contribution in [-0.2, 0) is 9.59 Å². The van der Waals surface area contributed by atoms with E-state index in [0.29, 0.717) is 19.6 Å². The van der Waals surface area contributed by atoms with Gasteiger partial charge in [-0.3, -0.25) is 14.6 Å². The lowest BCUT2D eigenvalue weighted by atomic mass is 10.0. The fourth-order valence-electron chi connectivity index (χ4n) is 3.85. The number of hydrogen-bond donors (Lipinski definition) is 1. The lowest BCUT2D eigenvalue weighted by Gasteiger charge is -2.37. The van der Waals surface area contributed by atoms with Crippen LogP contribution in [0.4, 0.5) is 10.1 Å². The summed E-state index contributed by atoms with van der Waals surface area (Å²) in [7, 11) is 0. The largest absolute Gasteiger partial charge is 0.333 e. The minimum atomic E-state index is -0.464. The van der Waals surface area contributed by atoms with E-state index in [4.69, 9.17) is 0 Å². The highest BCUT2D eigenvalue weighted by molar-refractivity contribution is 6.00. The number of carbonyl (C=O) groups excluding carboxylic acids is 2. The van der Waals surface area contributed by atoms with Crippen molar-refractivity contribution in [1.82, 2.24) is 15.2 Å². The fourth-order valence-corrected chi connectivity index (χ4v) is 3.85. The summed E-state index contributed by atoms with van der Waals surface area (Å²) in [5.41, 5.74) is 1.20. The molecule has 3 heterocycles. The molecule has 7 heteroatoms. The van der Waals surface area contributed by atoms with Crippen molar-refractivity contribution >= 4 is 17.5 Å². The minimum absolute atomic E-state index is 0.0578. The van der Waals surface area contributed by atoms with Gasteiger partial charge in [0.1, 0.15) is 5.82 Å². The standard InChI is InChI=1S/C20H21FN4O2/c21-16-5-1-2-6-17(16)25-13-15(10-19(25)26)20(27)24-9-8-23-12-18(24)14-4-3-7-22-11-14/h1-7,11,15,18,23H,8-10,12-13H2. The van der Waals surface area contributed by atoms with Gasteiger partial charge in [-0.1, -0.05) is 18.2 Å². The summed E-state index contributed by atoms with van der Waals surface area (Å²) < 4.78 is 14.1. The molecule has 2 aromatic rings. The van der Waals surface area contributed by atoms with Gasteiger partial charge in [-0.05, 0) is 23.8 Å². The molecule has 2 atom stereocenters. The number of carbonyl (C=O) groups is 2. The van der Waals surface area contributed by atoms with E-state index in [0.717, 1.165) is 5.56 Å². The first-order valence-electron chi connectivity index (χ1n) is 9.11. The molecule has 2 aliphatic heterocycles. The Bertz CT molecular complexity index is 845. The van der Waals surface area contributed by atoms with Gasteiger partial charge in [0.2, 0.25) is 11.8 Å². The molecule has 2 fully saturated rings. The first-order chi connectivity index (χ1) is 13.1. The van der Waals surface area contributed by atoms with E-state index in [1.807, 2.05) is 17.0 Å². The van der Waals surface area contributed by atoms with E-state index in [1.54, 1.807) is 30.6 Å². The van der Waals surface area contributed by atoms with Crippen LogP contribution >= 0.6 is 0 Å². The van der Waals surface area contributed by atoms with Gasteiger partial charge < -0.3 is 15.1 Å². The molecule has 2 amide bonds. The number of benzene rings is 1. The van der Waals surface area contributed by atoms with E-state index in [1.165, 1.54) is 11.0 Å². The van der Waals surface area contributed by atoms with Gasteiger partial charge in [-0.15, -0.1) is 0 Å². The number of piperazine rings is 1. The van der Waals surface area contributed by atoms with Crippen LogP contribution < -0.4 is 10.2 Å². The molecule has 0 aliphatic carbocycles. The molecule has 1 aromatic carbocycles. The molecular weight excluding hydrogens is 347 g/mol. The summed E-state index contributed by atoms with van der Waals surface area (Å²) in [6.07, 6.45) is 3.58. The number of anilines is 1. The van der Waals surface area contributed by atoms with E-state index in [-0.39, 0.29) is 36.5 Å². The number of pyridine rings is 1. The topological polar surface area (TPSA) is 65.5 Å². The molecule has 2 aliphatic rings. The molecule has 6 nitrogen and oxygen atoms in total. The van der Waals surface area contributed by atoms with Crippen LogP contribution in [0.2, 0.25) is 0 Å². The van der Waals surface area contributed by atoms with E-state index < -0.39 is 11.7 Å². The summed E-state index contributed by atoms with van der Waals surface area (Å²) >= 11 is 0. The monoisotopic (exact) mass is 368 g/mol. The predicted octanol–water partition coefficient (Wildman–Crippen LogP) is 1.75. The third-order valence-corrected chi connectivity index (χ3v) is 5.21. The molecule has 0 radical (unpaired) electrons. The normalized spacial score (nSPS) is 22.9. The van der Waals surface area contributed by atoms with Gasteiger partial charge in [0, 0.05) is 45.0 Å². The maximum atomic E-state index is 14.1. The molecular formula is C20H21FN4O2. The van der Waals surface area contributed by atoms with Crippen LogP contribution in [0.25, 0.3) is 0 Å². The number of nitrogens with one attached hydrogen (secondary N) is 1. The molecule has 1 aromatic heterocycles. The van der Waals surface area contributed by atoms with Crippen molar-refractivity contribution in [3.8, 4) is 0 Å². The summed E-state index contributed by atoms with van der Waals surface area (Å²) in [5.74, 6) is -1.19. The second-order valence-electron chi connectivity index (χ2n) is 6.89.